The van der Waals surface area contributed by atoms with Crippen LogP contribution in [0.3, 0.4) is 0 Å². The minimum Gasteiger partial charge on any atom is -0.356 e. The van der Waals surface area contributed by atoms with Crippen molar-refractivity contribution in [2.45, 2.75) is 52.9 Å². The van der Waals surface area contributed by atoms with E-state index in [0.717, 1.165) is 37.2 Å². The van der Waals surface area contributed by atoms with Crippen molar-refractivity contribution >= 4 is 23.4 Å². The van der Waals surface area contributed by atoms with Crippen LogP contribution in [0.4, 0.5) is 0 Å². The van der Waals surface area contributed by atoms with Gasteiger partial charge in [0.15, 0.2) is 5.82 Å². The molecule has 1 saturated heterocycles. The van der Waals surface area contributed by atoms with Crippen molar-refractivity contribution in [3.05, 3.63) is 40.3 Å². The fourth-order valence-corrected chi connectivity index (χ4v) is 3.97. The number of amides is 2. The summed E-state index contributed by atoms with van der Waals surface area (Å²) in [5, 5.41) is 7.77. The molecule has 0 spiro atoms. The van der Waals surface area contributed by atoms with E-state index in [1.165, 1.54) is 0 Å². The molecule has 1 N–H and O–H groups in total. The Kier molecular flexibility index (Phi) is 7.48. The average Bonchev–Trinajstić information content (AvgIpc) is 3.09. The van der Waals surface area contributed by atoms with E-state index in [9.17, 15) is 9.59 Å². The van der Waals surface area contributed by atoms with Gasteiger partial charge in [0.1, 0.15) is 5.69 Å². The van der Waals surface area contributed by atoms with Crippen molar-refractivity contribution in [2.75, 3.05) is 19.6 Å². The third-order valence-electron chi connectivity index (χ3n) is 5.49. The second kappa shape index (κ2) is 10.1. The molecule has 30 heavy (non-hydrogen) atoms. The maximum Gasteiger partial charge on any atom is 0.274 e. The number of halogens is 1. The molecular weight excluding hydrogens is 402 g/mol. The molecule has 0 saturated carbocycles. The zero-order chi connectivity index (χ0) is 21.7. The topological polar surface area (TPSA) is 80.1 Å². The Bertz CT molecular complexity index is 903. The van der Waals surface area contributed by atoms with Gasteiger partial charge in [-0.3, -0.25) is 9.59 Å². The number of hydrogen-bond acceptors (Lipinski definition) is 4. The standard InChI is InChI=1S/C22H30ClN5O2/c1-4-5-6-11-24-21(29)17-9-12-27(13-10-17)22(30)20-18(23)7-8-19(25-20)28-16(3)14-15(2)26-28/h7-8,14,17H,4-6,9-13H2,1-3H3,(H,24,29). The van der Waals surface area contributed by atoms with Gasteiger partial charge in [-0.1, -0.05) is 31.4 Å². The molecule has 1 aliphatic heterocycles. The van der Waals surface area contributed by atoms with Gasteiger partial charge in [-0.2, -0.15) is 5.10 Å². The first kappa shape index (κ1) is 22.3. The molecule has 0 bridgehead atoms. The molecule has 3 rings (SSSR count). The molecule has 2 aromatic heterocycles. The molecule has 0 unspecified atom stereocenters. The first-order valence-corrected chi connectivity index (χ1v) is 11.1. The van der Waals surface area contributed by atoms with Crippen LogP contribution in [-0.2, 0) is 4.79 Å². The lowest BCUT2D eigenvalue weighted by molar-refractivity contribution is -0.126. The number of pyridine rings is 1. The smallest absolute Gasteiger partial charge is 0.274 e. The van der Waals surface area contributed by atoms with Crippen molar-refractivity contribution < 1.29 is 9.59 Å². The zero-order valence-corrected chi connectivity index (χ0v) is 18.7. The van der Waals surface area contributed by atoms with Crippen molar-refractivity contribution in [3.63, 3.8) is 0 Å². The van der Waals surface area contributed by atoms with E-state index in [0.29, 0.717) is 36.8 Å². The van der Waals surface area contributed by atoms with Crippen molar-refractivity contribution in [1.82, 2.24) is 25.0 Å². The first-order chi connectivity index (χ1) is 14.4. The number of rotatable bonds is 7. The molecule has 0 aromatic carbocycles. The van der Waals surface area contributed by atoms with Gasteiger partial charge in [-0.15, -0.1) is 0 Å². The number of carbonyl (C=O) groups is 2. The number of carbonyl (C=O) groups excluding carboxylic acids is 2. The fourth-order valence-electron chi connectivity index (χ4n) is 3.79. The van der Waals surface area contributed by atoms with Crippen LogP contribution in [0, 0.1) is 19.8 Å². The second-order valence-electron chi connectivity index (χ2n) is 7.90. The Morgan fingerprint density at radius 3 is 2.57 bits per heavy atom. The lowest BCUT2D eigenvalue weighted by atomic mass is 9.95. The average molecular weight is 432 g/mol. The van der Waals surface area contributed by atoms with E-state index in [2.05, 4.69) is 22.3 Å². The van der Waals surface area contributed by atoms with E-state index in [-0.39, 0.29) is 23.4 Å². The highest BCUT2D eigenvalue weighted by atomic mass is 35.5. The third-order valence-corrected chi connectivity index (χ3v) is 5.80. The predicted molar refractivity (Wildman–Crippen MR) is 117 cm³/mol. The summed E-state index contributed by atoms with van der Waals surface area (Å²) in [7, 11) is 0. The largest absolute Gasteiger partial charge is 0.356 e. The summed E-state index contributed by atoms with van der Waals surface area (Å²) in [6.07, 6.45) is 4.57. The van der Waals surface area contributed by atoms with Crippen LogP contribution in [0.5, 0.6) is 0 Å². The van der Waals surface area contributed by atoms with Gasteiger partial charge < -0.3 is 10.2 Å². The normalized spacial score (nSPS) is 14.7. The summed E-state index contributed by atoms with van der Waals surface area (Å²) in [5.41, 5.74) is 2.04. The maximum absolute atomic E-state index is 13.1. The molecule has 0 aliphatic carbocycles. The van der Waals surface area contributed by atoms with E-state index >= 15 is 0 Å². The molecule has 8 heteroatoms. The van der Waals surface area contributed by atoms with Gasteiger partial charge in [0, 0.05) is 31.2 Å². The monoisotopic (exact) mass is 431 g/mol. The number of unbranched alkanes of at least 4 members (excludes halogenated alkanes) is 2. The number of aryl methyl sites for hydroxylation is 2. The van der Waals surface area contributed by atoms with Crippen LogP contribution in [0.25, 0.3) is 5.82 Å². The SMILES string of the molecule is CCCCCNC(=O)C1CCN(C(=O)c2nc(-n3nc(C)cc3C)ccc2Cl)CC1. The molecule has 2 amide bonds. The summed E-state index contributed by atoms with van der Waals surface area (Å²) in [5.74, 6) is 0.418. The maximum atomic E-state index is 13.1. The van der Waals surface area contributed by atoms with E-state index in [1.807, 2.05) is 19.9 Å². The van der Waals surface area contributed by atoms with Crippen LogP contribution in [0.15, 0.2) is 18.2 Å². The van der Waals surface area contributed by atoms with Gasteiger partial charge in [-0.25, -0.2) is 9.67 Å². The highest BCUT2D eigenvalue weighted by molar-refractivity contribution is 6.33. The van der Waals surface area contributed by atoms with Crippen LogP contribution >= 0.6 is 11.6 Å². The van der Waals surface area contributed by atoms with E-state index in [1.54, 1.807) is 21.7 Å². The lowest BCUT2D eigenvalue weighted by Gasteiger charge is -2.31. The van der Waals surface area contributed by atoms with Gasteiger partial charge in [0.25, 0.3) is 5.91 Å². The summed E-state index contributed by atoms with van der Waals surface area (Å²) < 4.78 is 1.71. The van der Waals surface area contributed by atoms with E-state index in [4.69, 9.17) is 11.6 Å². The Morgan fingerprint density at radius 2 is 1.93 bits per heavy atom. The summed E-state index contributed by atoms with van der Waals surface area (Å²) >= 11 is 6.30. The Morgan fingerprint density at radius 1 is 1.20 bits per heavy atom. The fraction of sp³-hybridized carbons (Fsp3) is 0.545. The predicted octanol–water partition coefficient (Wildman–Crippen LogP) is 3.70. The van der Waals surface area contributed by atoms with Gasteiger partial charge in [-0.05, 0) is 51.3 Å². The first-order valence-electron chi connectivity index (χ1n) is 10.7. The molecule has 1 aliphatic rings. The molecule has 1 fully saturated rings. The number of likely N-dealkylation sites (tertiary alicyclic amines) is 1. The van der Waals surface area contributed by atoms with E-state index < -0.39 is 0 Å². The molecule has 162 valence electrons. The molecule has 3 heterocycles. The highest BCUT2D eigenvalue weighted by Gasteiger charge is 2.29. The van der Waals surface area contributed by atoms with Gasteiger partial charge in [0.2, 0.25) is 5.91 Å². The third kappa shape index (κ3) is 5.19. The molecule has 2 aromatic rings. The van der Waals surface area contributed by atoms with Crippen LogP contribution in [-0.4, -0.2) is 51.1 Å². The van der Waals surface area contributed by atoms with Crippen molar-refractivity contribution in [1.29, 1.82) is 0 Å². The van der Waals surface area contributed by atoms with Gasteiger partial charge >= 0.3 is 0 Å². The minimum absolute atomic E-state index is 0.0415. The quantitative estimate of drug-likeness (QED) is 0.678. The Hall–Kier alpha value is -2.41. The number of nitrogens with one attached hydrogen (secondary N) is 1. The van der Waals surface area contributed by atoms with Crippen molar-refractivity contribution in [3.8, 4) is 5.82 Å². The Labute approximate surface area is 182 Å². The highest BCUT2D eigenvalue weighted by Crippen LogP contribution is 2.23. The number of nitrogens with zero attached hydrogens (tertiary/aromatic N) is 4. The van der Waals surface area contributed by atoms with Crippen LogP contribution in [0.2, 0.25) is 5.02 Å². The summed E-state index contributed by atoms with van der Waals surface area (Å²) in [6.45, 7) is 7.76. The van der Waals surface area contributed by atoms with Gasteiger partial charge in [0.05, 0.1) is 10.7 Å². The second-order valence-corrected chi connectivity index (χ2v) is 8.31. The Balaban J connectivity index is 1.63. The number of aromatic nitrogens is 3. The minimum atomic E-state index is -0.204. The van der Waals surface area contributed by atoms with Crippen molar-refractivity contribution in [2.24, 2.45) is 5.92 Å². The molecule has 7 nitrogen and oxygen atoms in total. The van der Waals surface area contributed by atoms with Crippen LogP contribution in [0.1, 0.15) is 60.9 Å². The summed E-state index contributed by atoms with van der Waals surface area (Å²) in [4.78, 5) is 31.6. The number of piperidine rings is 1. The zero-order valence-electron chi connectivity index (χ0n) is 17.9. The number of hydrogen-bond donors (Lipinski definition) is 1. The molecular formula is C22H30ClN5O2. The lowest BCUT2D eigenvalue weighted by Crippen LogP contribution is -2.43. The summed E-state index contributed by atoms with van der Waals surface area (Å²) in [6, 6.07) is 5.40. The molecule has 0 radical (unpaired) electrons. The molecule has 0 atom stereocenters. The van der Waals surface area contributed by atoms with Crippen LogP contribution < -0.4 is 5.32 Å².